The van der Waals surface area contributed by atoms with Gasteiger partial charge < -0.3 is 15.2 Å². The zero-order chi connectivity index (χ0) is 19.3. The number of benzene rings is 1. The van der Waals surface area contributed by atoms with Crippen LogP contribution in [0.25, 0.3) is 11.5 Å². The Labute approximate surface area is 159 Å². The van der Waals surface area contributed by atoms with Crippen molar-refractivity contribution in [2.45, 2.75) is 13.0 Å². The van der Waals surface area contributed by atoms with Crippen molar-refractivity contribution >= 4 is 17.6 Å². The fourth-order valence-corrected chi connectivity index (χ4v) is 2.50. The average molecular weight is 378 g/mol. The average Bonchev–Trinajstić information content (AvgIpc) is 3.24. The summed E-state index contributed by atoms with van der Waals surface area (Å²) >= 11 is 0. The van der Waals surface area contributed by atoms with Crippen molar-refractivity contribution in [1.29, 1.82) is 0 Å². The first kappa shape index (κ1) is 17.5. The van der Waals surface area contributed by atoms with Gasteiger partial charge in [-0.2, -0.15) is 9.97 Å². The Kier molecular flexibility index (Phi) is 4.83. The van der Waals surface area contributed by atoms with Gasteiger partial charge in [0.2, 0.25) is 18.2 Å². The lowest BCUT2D eigenvalue weighted by Gasteiger charge is -2.15. The largest absolute Gasteiger partial charge is 0.348 e. The Morgan fingerprint density at radius 1 is 1.04 bits per heavy atom. The minimum Gasteiger partial charge on any atom is -0.348 e. The van der Waals surface area contributed by atoms with E-state index < -0.39 is 0 Å². The van der Waals surface area contributed by atoms with Gasteiger partial charge in [0, 0.05) is 18.5 Å². The Morgan fingerprint density at radius 3 is 2.61 bits per heavy atom. The molecule has 9 nitrogen and oxygen atoms in total. The molecule has 4 aromatic rings. The number of anilines is 3. The highest BCUT2D eigenvalue weighted by molar-refractivity contribution is 5.61. The molecule has 1 aromatic carbocycles. The molecule has 0 spiro atoms. The lowest BCUT2D eigenvalue weighted by atomic mass is 10.1. The molecule has 0 aliphatic carbocycles. The first-order chi connectivity index (χ1) is 13.7. The molecule has 0 saturated heterocycles. The van der Waals surface area contributed by atoms with Crippen LogP contribution in [0.3, 0.4) is 0 Å². The van der Waals surface area contributed by atoms with Gasteiger partial charge in [0.25, 0.3) is 0 Å². The number of hydrogen-bond donors (Lipinski definition) is 2. The summed E-state index contributed by atoms with van der Waals surface area (Å²) in [6, 6.07) is 7.73. The van der Waals surface area contributed by atoms with Gasteiger partial charge in [0.15, 0.2) is 0 Å². The molecule has 140 valence electrons. The third-order valence-electron chi connectivity index (χ3n) is 3.85. The predicted molar refractivity (Wildman–Crippen MR) is 99.1 cm³/mol. The molecule has 2 N–H and O–H groups in total. The molecular formula is C18H15FN8O. The quantitative estimate of drug-likeness (QED) is 0.521. The fraction of sp³-hybridized carbons (Fsp3) is 0.111. The second kappa shape index (κ2) is 7.74. The smallest absolute Gasteiger partial charge is 0.225 e. The van der Waals surface area contributed by atoms with Gasteiger partial charge in [0.1, 0.15) is 23.1 Å². The summed E-state index contributed by atoms with van der Waals surface area (Å²) < 4.78 is 18.0. The summed E-state index contributed by atoms with van der Waals surface area (Å²) in [5.41, 5.74) is 1.35. The van der Waals surface area contributed by atoms with E-state index in [1.165, 1.54) is 18.5 Å². The maximum absolute atomic E-state index is 13.2. The van der Waals surface area contributed by atoms with E-state index in [0.717, 1.165) is 5.56 Å². The molecule has 10 heteroatoms. The highest BCUT2D eigenvalue weighted by Crippen LogP contribution is 2.23. The highest BCUT2D eigenvalue weighted by Gasteiger charge is 2.13. The Bertz CT molecular complexity index is 1040. The second-order valence-electron chi connectivity index (χ2n) is 5.85. The summed E-state index contributed by atoms with van der Waals surface area (Å²) in [6.45, 7) is 1.92. The highest BCUT2D eigenvalue weighted by atomic mass is 19.1. The number of nitrogens with zero attached hydrogens (tertiary/aromatic N) is 6. The van der Waals surface area contributed by atoms with Gasteiger partial charge >= 0.3 is 0 Å². The van der Waals surface area contributed by atoms with E-state index in [4.69, 9.17) is 4.52 Å². The molecule has 0 aliphatic heterocycles. The maximum Gasteiger partial charge on any atom is 0.225 e. The molecule has 1 atom stereocenters. The Hall–Kier alpha value is -3.95. The van der Waals surface area contributed by atoms with Crippen LogP contribution < -0.4 is 10.6 Å². The lowest BCUT2D eigenvalue weighted by Crippen LogP contribution is -2.11. The van der Waals surface area contributed by atoms with Crippen LogP contribution in [-0.2, 0) is 0 Å². The standard InChI is InChI=1S/C18H15FN8O/c1-11(12-2-4-13(19)5-3-12)23-18-24-14(17-22-10-28-27-17)8-15(26-18)25-16-9-20-6-7-21-16/h2-11H,1H3,(H2,21,23,24,25,26). The SMILES string of the molecule is CC(Nc1nc(Nc2cnccn2)cc(-c2ncon2)n1)c1ccc(F)cc1. The number of rotatable bonds is 6. The van der Waals surface area contributed by atoms with E-state index in [2.05, 4.69) is 40.7 Å². The molecule has 0 radical (unpaired) electrons. The molecule has 28 heavy (non-hydrogen) atoms. The van der Waals surface area contributed by atoms with Crippen molar-refractivity contribution in [3.63, 3.8) is 0 Å². The molecule has 0 fully saturated rings. The van der Waals surface area contributed by atoms with Crippen LogP contribution in [0.15, 0.2) is 59.8 Å². The van der Waals surface area contributed by atoms with Crippen LogP contribution in [-0.4, -0.2) is 30.1 Å². The van der Waals surface area contributed by atoms with Crippen molar-refractivity contribution < 1.29 is 8.91 Å². The monoisotopic (exact) mass is 378 g/mol. The summed E-state index contributed by atoms with van der Waals surface area (Å²) in [5, 5.41) is 10.1. The van der Waals surface area contributed by atoms with Crippen molar-refractivity contribution in [3.05, 3.63) is 66.7 Å². The van der Waals surface area contributed by atoms with E-state index in [1.807, 2.05) is 6.92 Å². The van der Waals surface area contributed by atoms with Crippen molar-refractivity contribution in [2.24, 2.45) is 0 Å². The topological polar surface area (TPSA) is 115 Å². The van der Waals surface area contributed by atoms with Crippen LogP contribution in [0.2, 0.25) is 0 Å². The van der Waals surface area contributed by atoms with Crippen LogP contribution >= 0.6 is 0 Å². The van der Waals surface area contributed by atoms with Gasteiger partial charge in [-0.3, -0.25) is 4.98 Å². The molecular weight excluding hydrogens is 363 g/mol. The lowest BCUT2D eigenvalue weighted by molar-refractivity contribution is 0.418. The minimum absolute atomic E-state index is 0.162. The maximum atomic E-state index is 13.2. The van der Waals surface area contributed by atoms with Crippen LogP contribution in [0, 0.1) is 5.82 Å². The molecule has 0 bridgehead atoms. The zero-order valence-corrected chi connectivity index (χ0v) is 14.7. The van der Waals surface area contributed by atoms with E-state index >= 15 is 0 Å². The Balaban J connectivity index is 1.64. The fourth-order valence-electron chi connectivity index (χ4n) is 2.50. The number of halogens is 1. The van der Waals surface area contributed by atoms with Crippen molar-refractivity contribution in [2.75, 3.05) is 10.6 Å². The third kappa shape index (κ3) is 4.06. The summed E-state index contributed by atoms with van der Waals surface area (Å²) in [6.07, 6.45) is 5.94. The van der Waals surface area contributed by atoms with E-state index in [-0.39, 0.29) is 11.9 Å². The predicted octanol–water partition coefficient (Wildman–Crippen LogP) is 3.37. The molecule has 0 amide bonds. The first-order valence-corrected chi connectivity index (χ1v) is 8.38. The minimum atomic E-state index is -0.290. The van der Waals surface area contributed by atoms with Crippen LogP contribution in [0.1, 0.15) is 18.5 Å². The second-order valence-corrected chi connectivity index (χ2v) is 5.85. The van der Waals surface area contributed by atoms with E-state index in [0.29, 0.717) is 29.1 Å². The number of aromatic nitrogens is 6. The van der Waals surface area contributed by atoms with E-state index in [1.54, 1.807) is 36.8 Å². The molecule has 4 rings (SSSR count). The van der Waals surface area contributed by atoms with Crippen LogP contribution in [0.5, 0.6) is 0 Å². The molecule has 3 aromatic heterocycles. The molecule has 0 saturated carbocycles. The summed E-state index contributed by atoms with van der Waals surface area (Å²) in [4.78, 5) is 21.1. The number of nitrogens with one attached hydrogen (secondary N) is 2. The van der Waals surface area contributed by atoms with Crippen LogP contribution in [0.4, 0.5) is 22.0 Å². The summed E-state index contributed by atoms with van der Waals surface area (Å²) in [7, 11) is 0. The van der Waals surface area contributed by atoms with Gasteiger partial charge in [-0.25, -0.2) is 14.4 Å². The molecule has 0 aliphatic rings. The Morgan fingerprint density at radius 2 is 1.89 bits per heavy atom. The first-order valence-electron chi connectivity index (χ1n) is 8.38. The van der Waals surface area contributed by atoms with E-state index in [9.17, 15) is 4.39 Å². The van der Waals surface area contributed by atoms with Crippen molar-refractivity contribution in [1.82, 2.24) is 30.1 Å². The van der Waals surface area contributed by atoms with Crippen molar-refractivity contribution in [3.8, 4) is 11.5 Å². The normalized spacial score (nSPS) is 11.8. The van der Waals surface area contributed by atoms with Gasteiger partial charge in [0.05, 0.1) is 12.2 Å². The van der Waals surface area contributed by atoms with Gasteiger partial charge in [-0.15, -0.1) is 0 Å². The third-order valence-corrected chi connectivity index (χ3v) is 3.85. The zero-order valence-electron chi connectivity index (χ0n) is 14.7. The molecule has 3 heterocycles. The number of hydrogen-bond acceptors (Lipinski definition) is 9. The molecule has 1 unspecified atom stereocenters. The summed E-state index contributed by atoms with van der Waals surface area (Å²) in [5.74, 6) is 1.37. The van der Waals surface area contributed by atoms with Gasteiger partial charge in [-0.1, -0.05) is 17.3 Å². The van der Waals surface area contributed by atoms with Gasteiger partial charge in [-0.05, 0) is 24.6 Å².